The molecule has 2 aromatic heterocycles. The average Bonchev–Trinajstić information content (AvgIpc) is 3.91. The molecule has 9 aromatic carbocycles. The van der Waals surface area contributed by atoms with Crippen LogP contribution in [0.25, 0.3) is 88.0 Å². The van der Waals surface area contributed by atoms with Crippen LogP contribution in [0.2, 0.25) is 0 Å². The lowest BCUT2D eigenvalue weighted by molar-refractivity contribution is 0.660. The first-order valence-electron chi connectivity index (χ1n) is 20.0. The topological polar surface area (TPSA) is 29.5 Å². The summed E-state index contributed by atoms with van der Waals surface area (Å²) in [5, 5.41) is 6.78. The van der Waals surface area contributed by atoms with E-state index in [9.17, 15) is 0 Å². The van der Waals surface area contributed by atoms with Gasteiger partial charge in [0.25, 0.3) is 0 Å². The van der Waals surface area contributed by atoms with Crippen LogP contribution in [0.3, 0.4) is 0 Å². The van der Waals surface area contributed by atoms with Crippen molar-refractivity contribution in [2.75, 3.05) is 4.90 Å². The maximum absolute atomic E-state index is 7.24. The molecular weight excluding hydrogens is 707 g/mol. The van der Waals surface area contributed by atoms with Crippen LogP contribution in [-0.2, 0) is 5.41 Å². The summed E-state index contributed by atoms with van der Waals surface area (Å²) < 4.78 is 13.7. The number of nitrogens with zero attached hydrogens (tertiary/aromatic N) is 1. The van der Waals surface area contributed by atoms with Gasteiger partial charge < -0.3 is 13.7 Å². The van der Waals surface area contributed by atoms with Crippen molar-refractivity contribution in [1.29, 1.82) is 0 Å². The lowest BCUT2D eigenvalue weighted by Crippen LogP contribution is -2.16. The molecule has 0 amide bonds. The molecule has 0 bridgehead atoms. The highest BCUT2D eigenvalue weighted by Gasteiger charge is 2.36. The van der Waals surface area contributed by atoms with Gasteiger partial charge in [0.1, 0.15) is 16.7 Å². The second kappa shape index (κ2) is 12.3. The van der Waals surface area contributed by atoms with Crippen molar-refractivity contribution in [2.45, 2.75) is 19.3 Å². The molecule has 0 fully saturated rings. The number of furan rings is 2. The van der Waals surface area contributed by atoms with Crippen LogP contribution >= 0.6 is 0 Å². The molecular formula is C55H37NO2. The highest BCUT2D eigenvalue weighted by Crippen LogP contribution is 2.52. The molecule has 11 aromatic rings. The minimum absolute atomic E-state index is 0.126. The van der Waals surface area contributed by atoms with E-state index < -0.39 is 0 Å². The van der Waals surface area contributed by atoms with Gasteiger partial charge in [-0.15, -0.1) is 0 Å². The van der Waals surface area contributed by atoms with Gasteiger partial charge in [-0.3, -0.25) is 0 Å². The number of hydrogen-bond acceptors (Lipinski definition) is 3. The van der Waals surface area contributed by atoms with Gasteiger partial charge in [0.2, 0.25) is 0 Å². The Labute approximate surface area is 336 Å². The third kappa shape index (κ3) is 4.74. The van der Waals surface area contributed by atoms with Crippen molar-refractivity contribution in [3.63, 3.8) is 0 Å². The van der Waals surface area contributed by atoms with Gasteiger partial charge in [0.05, 0.1) is 5.69 Å². The Balaban J connectivity index is 1.05. The summed E-state index contributed by atoms with van der Waals surface area (Å²) in [6, 6.07) is 67.5. The van der Waals surface area contributed by atoms with Gasteiger partial charge in [0, 0.05) is 49.5 Å². The molecule has 274 valence electrons. The second-order valence-corrected chi connectivity index (χ2v) is 16.0. The van der Waals surface area contributed by atoms with E-state index in [1.165, 1.54) is 27.6 Å². The van der Waals surface area contributed by atoms with Crippen LogP contribution in [0, 0.1) is 0 Å². The van der Waals surface area contributed by atoms with E-state index in [1.807, 2.05) is 12.1 Å². The fourth-order valence-corrected chi connectivity index (χ4v) is 9.67. The van der Waals surface area contributed by atoms with Gasteiger partial charge in [-0.1, -0.05) is 159 Å². The summed E-state index contributed by atoms with van der Waals surface area (Å²) in [6.45, 7) is 4.68. The Morgan fingerprint density at radius 2 is 1.05 bits per heavy atom. The molecule has 0 aliphatic heterocycles. The normalized spacial score (nSPS) is 13.1. The van der Waals surface area contributed by atoms with Gasteiger partial charge >= 0.3 is 0 Å². The zero-order chi connectivity index (χ0) is 38.5. The van der Waals surface area contributed by atoms with Crippen molar-refractivity contribution < 1.29 is 8.83 Å². The number of rotatable bonds is 5. The Bertz CT molecular complexity index is 3420. The van der Waals surface area contributed by atoms with Gasteiger partial charge in [-0.25, -0.2) is 0 Å². The van der Waals surface area contributed by atoms with Gasteiger partial charge in [-0.05, 0) is 86.6 Å². The molecule has 0 saturated carbocycles. The Hall–Kier alpha value is -7.36. The quantitative estimate of drug-likeness (QED) is 0.176. The van der Waals surface area contributed by atoms with E-state index in [-0.39, 0.29) is 5.41 Å². The molecule has 3 nitrogen and oxygen atoms in total. The third-order valence-electron chi connectivity index (χ3n) is 12.5. The first-order valence-corrected chi connectivity index (χ1v) is 20.0. The SMILES string of the molecule is CC1(C)c2ccccc2-c2ccc(N(c3ccccc3)c3cccc4c3oc3c(-c5ccc(-c6cccc7c6oc6ccccc67)cc5)c5ccccc5cc34)cc21. The molecule has 0 atom stereocenters. The standard InChI is InChI=1S/C55H37NO2/c1-55(2)47-23-10-8-18-41(47)42-31-30-38(33-48(42)55)56(37-15-4-3-5-16-37)49-24-13-22-45-46-32-36-14-6-7-17-39(36)51(54(46)58-53(45)49)35-28-26-34(27-29-35)40-20-12-21-44-43-19-9-11-25-50(43)57-52(40)44/h3-33H,1-2H3. The smallest absolute Gasteiger partial charge is 0.159 e. The molecule has 1 aliphatic rings. The highest BCUT2D eigenvalue weighted by molar-refractivity contribution is 6.20. The summed E-state index contributed by atoms with van der Waals surface area (Å²) in [5.74, 6) is 0. The lowest BCUT2D eigenvalue weighted by atomic mass is 9.82. The molecule has 0 saturated heterocycles. The van der Waals surface area contributed by atoms with Crippen molar-refractivity contribution >= 4 is 71.7 Å². The van der Waals surface area contributed by atoms with E-state index in [0.29, 0.717) is 0 Å². The van der Waals surface area contributed by atoms with E-state index in [4.69, 9.17) is 8.83 Å². The molecule has 2 heterocycles. The summed E-state index contributed by atoms with van der Waals surface area (Å²) >= 11 is 0. The van der Waals surface area contributed by atoms with Crippen LogP contribution < -0.4 is 4.90 Å². The summed E-state index contributed by atoms with van der Waals surface area (Å²) in [7, 11) is 0. The largest absolute Gasteiger partial charge is 0.455 e. The zero-order valence-electron chi connectivity index (χ0n) is 32.2. The summed E-state index contributed by atoms with van der Waals surface area (Å²) in [4.78, 5) is 2.36. The molecule has 0 N–H and O–H groups in total. The Morgan fingerprint density at radius 3 is 1.91 bits per heavy atom. The first-order chi connectivity index (χ1) is 28.5. The summed E-state index contributed by atoms with van der Waals surface area (Å²) in [6.07, 6.45) is 0. The molecule has 12 rings (SSSR count). The number of anilines is 3. The average molecular weight is 744 g/mol. The van der Waals surface area contributed by atoms with E-state index in [2.05, 4.69) is 195 Å². The van der Waals surface area contributed by atoms with Crippen molar-refractivity contribution in [3.8, 4) is 33.4 Å². The fraction of sp³-hybridized carbons (Fsp3) is 0.0545. The zero-order valence-corrected chi connectivity index (χ0v) is 32.2. The van der Waals surface area contributed by atoms with E-state index in [1.54, 1.807) is 0 Å². The maximum atomic E-state index is 7.24. The Kier molecular flexibility index (Phi) is 6.98. The predicted octanol–water partition coefficient (Wildman–Crippen LogP) is 15.7. The van der Waals surface area contributed by atoms with E-state index >= 15 is 0 Å². The third-order valence-corrected chi connectivity index (χ3v) is 12.5. The van der Waals surface area contributed by atoms with Crippen molar-refractivity contribution in [3.05, 3.63) is 199 Å². The number of fused-ring (bicyclic) bond motifs is 10. The van der Waals surface area contributed by atoms with Gasteiger partial charge in [0.15, 0.2) is 5.58 Å². The Morgan fingerprint density at radius 1 is 0.397 bits per heavy atom. The van der Waals surface area contributed by atoms with Gasteiger partial charge in [-0.2, -0.15) is 0 Å². The van der Waals surface area contributed by atoms with Crippen LogP contribution in [0.4, 0.5) is 17.1 Å². The van der Waals surface area contributed by atoms with Crippen molar-refractivity contribution in [1.82, 2.24) is 0 Å². The molecule has 58 heavy (non-hydrogen) atoms. The number of hydrogen-bond donors (Lipinski definition) is 0. The van der Waals surface area contributed by atoms with Crippen LogP contribution in [-0.4, -0.2) is 0 Å². The predicted molar refractivity (Wildman–Crippen MR) is 242 cm³/mol. The highest BCUT2D eigenvalue weighted by atomic mass is 16.3. The minimum Gasteiger partial charge on any atom is -0.455 e. The maximum Gasteiger partial charge on any atom is 0.159 e. The van der Waals surface area contributed by atoms with Crippen LogP contribution in [0.5, 0.6) is 0 Å². The lowest BCUT2D eigenvalue weighted by Gasteiger charge is -2.28. The monoisotopic (exact) mass is 743 g/mol. The number of para-hydroxylation sites is 4. The summed E-state index contributed by atoms with van der Waals surface area (Å²) in [5.41, 5.74) is 16.3. The van der Waals surface area contributed by atoms with Crippen LogP contribution in [0.1, 0.15) is 25.0 Å². The second-order valence-electron chi connectivity index (χ2n) is 16.0. The fourth-order valence-electron chi connectivity index (χ4n) is 9.67. The van der Waals surface area contributed by atoms with E-state index in [0.717, 1.165) is 88.6 Å². The molecule has 3 heteroatoms. The van der Waals surface area contributed by atoms with Crippen LogP contribution in [0.15, 0.2) is 197 Å². The first kappa shape index (κ1) is 32.8. The number of benzene rings is 9. The molecule has 1 aliphatic carbocycles. The molecule has 0 spiro atoms. The molecule has 0 unspecified atom stereocenters. The molecule has 0 radical (unpaired) electrons. The van der Waals surface area contributed by atoms with Crippen molar-refractivity contribution in [2.24, 2.45) is 0 Å². The minimum atomic E-state index is -0.126.